The molecule has 0 bridgehead atoms. The summed E-state index contributed by atoms with van der Waals surface area (Å²) in [7, 11) is 1.26. The van der Waals surface area contributed by atoms with Gasteiger partial charge in [-0.2, -0.15) is 0 Å². The van der Waals surface area contributed by atoms with E-state index in [1.165, 1.54) is 7.11 Å². The van der Waals surface area contributed by atoms with Gasteiger partial charge in [-0.15, -0.1) is 0 Å². The molecule has 7 nitrogen and oxygen atoms in total. The number of rotatable bonds is 6. The number of methoxy groups -OCH3 is 1. The third-order valence-electron chi connectivity index (χ3n) is 3.64. The molecular formula is C15H17BrN2O5. The molecule has 1 aliphatic heterocycles. The maximum atomic E-state index is 12.1. The first kappa shape index (κ1) is 17.4. The number of carbonyl (C=O) groups is 3. The first-order chi connectivity index (χ1) is 10.9. The van der Waals surface area contributed by atoms with Gasteiger partial charge in [-0.05, 0) is 18.2 Å². The molecule has 2 amide bonds. The van der Waals surface area contributed by atoms with Crippen LogP contribution in [0.5, 0.6) is 0 Å². The van der Waals surface area contributed by atoms with Crippen molar-refractivity contribution in [2.24, 2.45) is 5.92 Å². The minimum Gasteiger partial charge on any atom is -0.479 e. The van der Waals surface area contributed by atoms with Crippen LogP contribution in [0.1, 0.15) is 6.42 Å². The van der Waals surface area contributed by atoms with Crippen LogP contribution in [-0.4, -0.2) is 49.2 Å². The molecule has 1 aromatic rings. The minimum absolute atomic E-state index is 0.100. The van der Waals surface area contributed by atoms with Crippen molar-refractivity contribution in [3.63, 3.8) is 0 Å². The van der Waals surface area contributed by atoms with Crippen LogP contribution in [0, 0.1) is 5.92 Å². The summed E-state index contributed by atoms with van der Waals surface area (Å²) in [5.74, 6) is -2.14. The van der Waals surface area contributed by atoms with Crippen molar-refractivity contribution < 1.29 is 24.2 Å². The third kappa shape index (κ3) is 4.29. The van der Waals surface area contributed by atoms with Crippen molar-refractivity contribution in [2.75, 3.05) is 25.1 Å². The second-order valence-corrected chi connectivity index (χ2v) is 6.11. The highest BCUT2D eigenvalue weighted by atomic mass is 79.9. The Hall–Kier alpha value is -1.93. The Morgan fingerprint density at radius 1 is 1.52 bits per heavy atom. The van der Waals surface area contributed by atoms with Crippen molar-refractivity contribution in [2.45, 2.75) is 12.5 Å². The van der Waals surface area contributed by atoms with Gasteiger partial charge in [0.1, 0.15) is 0 Å². The maximum absolute atomic E-state index is 12.1. The zero-order valence-electron chi connectivity index (χ0n) is 12.5. The van der Waals surface area contributed by atoms with Crippen molar-refractivity contribution in [3.05, 3.63) is 28.7 Å². The second-order valence-electron chi connectivity index (χ2n) is 5.19. The Morgan fingerprint density at radius 2 is 2.26 bits per heavy atom. The summed E-state index contributed by atoms with van der Waals surface area (Å²) < 4.78 is 5.60. The third-order valence-corrected chi connectivity index (χ3v) is 4.13. The molecule has 0 aromatic heterocycles. The lowest BCUT2D eigenvalue weighted by Gasteiger charge is -2.17. The molecule has 0 aliphatic carbocycles. The molecule has 2 unspecified atom stereocenters. The molecule has 8 heteroatoms. The van der Waals surface area contributed by atoms with Gasteiger partial charge in [0.05, 0.1) is 12.5 Å². The SMILES string of the molecule is COC(CNC(=O)C1CC(=O)N(c2cccc(Br)c2)C1)C(=O)O. The van der Waals surface area contributed by atoms with Crippen molar-refractivity contribution in [1.82, 2.24) is 5.32 Å². The van der Waals surface area contributed by atoms with Gasteiger partial charge in [-0.1, -0.05) is 22.0 Å². The molecule has 0 saturated carbocycles. The highest BCUT2D eigenvalue weighted by Gasteiger charge is 2.35. The fourth-order valence-electron chi connectivity index (χ4n) is 2.39. The second kappa shape index (κ2) is 7.56. The molecule has 1 aliphatic rings. The van der Waals surface area contributed by atoms with Crippen molar-refractivity contribution >= 4 is 39.4 Å². The number of amides is 2. The Balaban J connectivity index is 1.96. The number of carbonyl (C=O) groups excluding carboxylic acids is 2. The number of anilines is 1. The number of halogens is 1. The van der Waals surface area contributed by atoms with Gasteiger partial charge in [0.15, 0.2) is 6.10 Å². The van der Waals surface area contributed by atoms with E-state index in [0.29, 0.717) is 0 Å². The summed E-state index contributed by atoms with van der Waals surface area (Å²) in [6.07, 6.45) is -1.000. The Kier molecular flexibility index (Phi) is 5.73. The summed E-state index contributed by atoms with van der Waals surface area (Å²) in [6, 6.07) is 7.28. The molecule has 1 saturated heterocycles. The standard InChI is InChI=1S/C15H17BrN2O5/c1-23-12(15(21)22)7-17-14(20)9-5-13(19)18(8-9)11-4-2-3-10(16)6-11/h2-4,6,9,12H,5,7-8H2,1H3,(H,17,20)(H,21,22). The van der Waals surface area contributed by atoms with Crippen LogP contribution in [0.2, 0.25) is 0 Å². The van der Waals surface area contributed by atoms with Crippen molar-refractivity contribution in [1.29, 1.82) is 0 Å². The Morgan fingerprint density at radius 3 is 2.87 bits per heavy atom. The monoisotopic (exact) mass is 384 g/mol. The molecule has 2 atom stereocenters. The van der Waals surface area contributed by atoms with Crippen molar-refractivity contribution in [3.8, 4) is 0 Å². The summed E-state index contributed by atoms with van der Waals surface area (Å²) >= 11 is 3.35. The van der Waals surface area contributed by atoms with Gasteiger partial charge in [0, 0.05) is 30.2 Å². The van der Waals surface area contributed by atoms with Crippen LogP contribution in [-0.2, 0) is 19.1 Å². The van der Waals surface area contributed by atoms with E-state index in [4.69, 9.17) is 9.84 Å². The fraction of sp³-hybridized carbons (Fsp3) is 0.400. The molecule has 1 heterocycles. The minimum atomic E-state index is -1.15. The fourth-order valence-corrected chi connectivity index (χ4v) is 2.77. The van der Waals surface area contributed by atoms with Gasteiger partial charge < -0.3 is 20.1 Å². The van der Waals surface area contributed by atoms with E-state index < -0.39 is 18.0 Å². The first-order valence-electron chi connectivity index (χ1n) is 7.01. The number of benzene rings is 1. The highest BCUT2D eigenvalue weighted by molar-refractivity contribution is 9.10. The molecule has 0 radical (unpaired) electrons. The van der Waals surface area contributed by atoms with Gasteiger partial charge in [0.25, 0.3) is 0 Å². The molecule has 124 valence electrons. The van der Waals surface area contributed by atoms with E-state index in [-0.39, 0.29) is 31.3 Å². The molecule has 1 fully saturated rings. The molecule has 2 N–H and O–H groups in total. The number of carboxylic acid groups (broad SMARTS) is 1. The summed E-state index contributed by atoms with van der Waals surface area (Å²) in [5, 5.41) is 11.4. The predicted molar refractivity (Wildman–Crippen MR) is 86.0 cm³/mol. The zero-order valence-corrected chi connectivity index (χ0v) is 14.1. The van der Waals surface area contributed by atoms with Gasteiger partial charge >= 0.3 is 5.97 Å². The molecule has 0 spiro atoms. The van der Waals surface area contributed by atoms with E-state index >= 15 is 0 Å². The molecule has 23 heavy (non-hydrogen) atoms. The van der Waals surface area contributed by atoms with Gasteiger partial charge in [0.2, 0.25) is 11.8 Å². The van der Waals surface area contributed by atoms with E-state index in [1.54, 1.807) is 11.0 Å². The van der Waals surface area contributed by atoms with E-state index in [0.717, 1.165) is 10.2 Å². The molecule has 1 aromatic carbocycles. The average Bonchev–Trinajstić information content (AvgIpc) is 2.89. The summed E-state index contributed by atoms with van der Waals surface area (Å²) in [4.78, 5) is 36.6. The number of nitrogens with one attached hydrogen (secondary N) is 1. The van der Waals surface area contributed by atoms with Crippen LogP contribution in [0.4, 0.5) is 5.69 Å². The summed E-state index contributed by atoms with van der Waals surface area (Å²) in [6.45, 7) is 0.137. The number of aliphatic carboxylic acids is 1. The number of nitrogens with zero attached hydrogens (tertiary/aromatic N) is 1. The lowest BCUT2D eigenvalue weighted by molar-refractivity contribution is -0.148. The average molecular weight is 385 g/mol. The van der Waals surface area contributed by atoms with Crippen LogP contribution in [0.15, 0.2) is 28.7 Å². The topological polar surface area (TPSA) is 95.9 Å². The summed E-state index contributed by atoms with van der Waals surface area (Å²) in [5.41, 5.74) is 0.722. The van der Waals surface area contributed by atoms with E-state index in [2.05, 4.69) is 21.2 Å². The maximum Gasteiger partial charge on any atom is 0.334 e. The van der Waals surface area contributed by atoms with E-state index in [9.17, 15) is 14.4 Å². The van der Waals surface area contributed by atoms with Crippen LogP contribution >= 0.6 is 15.9 Å². The van der Waals surface area contributed by atoms with Gasteiger partial charge in [-0.25, -0.2) is 4.79 Å². The number of hydrogen-bond donors (Lipinski definition) is 2. The van der Waals surface area contributed by atoms with E-state index in [1.807, 2.05) is 18.2 Å². The lowest BCUT2D eigenvalue weighted by atomic mass is 10.1. The molecule has 2 rings (SSSR count). The van der Waals surface area contributed by atoms with Crippen LogP contribution in [0.25, 0.3) is 0 Å². The zero-order chi connectivity index (χ0) is 17.0. The van der Waals surface area contributed by atoms with Crippen LogP contribution < -0.4 is 10.2 Å². The smallest absolute Gasteiger partial charge is 0.334 e. The highest BCUT2D eigenvalue weighted by Crippen LogP contribution is 2.27. The quantitative estimate of drug-likeness (QED) is 0.763. The Bertz CT molecular complexity index is 622. The predicted octanol–water partition coefficient (Wildman–Crippen LogP) is 1.02. The number of carboxylic acids is 1. The molecular weight excluding hydrogens is 368 g/mol. The van der Waals surface area contributed by atoms with Gasteiger partial charge in [-0.3, -0.25) is 9.59 Å². The largest absolute Gasteiger partial charge is 0.479 e. The Labute approximate surface area is 141 Å². The number of hydrogen-bond acceptors (Lipinski definition) is 4. The lowest BCUT2D eigenvalue weighted by Crippen LogP contribution is -2.41. The normalized spacial score (nSPS) is 18.8. The van der Waals surface area contributed by atoms with Crippen LogP contribution in [0.3, 0.4) is 0 Å². The first-order valence-corrected chi connectivity index (χ1v) is 7.81. The number of ether oxygens (including phenoxy) is 1.